The number of nitrogens with zero attached hydrogens (tertiary/aromatic N) is 2. The molecule has 2 rings (SSSR count). The number of hydrogen-bond acceptors (Lipinski definition) is 2. The third-order valence-corrected chi connectivity index (χ3v) is 3.42. The highest BCUT2D eigenvalue weighted by molar-refractivity contribution is 5.39. The van der Waals surface area contributed by atoms with Gasteiger partial charge in [0, 0.05) is 12.6 Å². The zero-order valence-corrected chi connectivity index (χ0v) is 11.7. The molecule has 0 bridgehead atoms. The summed E-state index contributed by atoms with van der Waals surface area (Å²) in [6, 6.07) is 2.73. The number of anilines is 1. The Morgan fingerprint density at radius 2 is 2.18 bits per heavy atom. The Labute approximate surface area is 105 Å². The Balaban J connectivity index is 2.29. The first-order valence-electron chi connectivity index (χ1n) is 6.70. The molecule has 0 radical (unpaired) electrons. The summed E-state index contributed by atoms with van der Waals surface area (Å²) >= 11 is 0. The lowest BCUT2D eigenvalue weighted by molar-refractivity contribution is 0.209. The summed E-state index contributed by atoms with van der Waals surface area (Å²) in [6.07, 6.45) is 2.23. The van der Waals surface area contributed by atoms with E-state index in [1.807, 2.05) is 0 Å². The van der Waals surface area contributed by atoms with E-state index in [-0.39, 0.29) is 5.41 Å². The normalized spacial score (nSPS) is 20.2. The SMILES string of the molecule is CC(C)Cc1cc2n(n1)C(C(C)(C)C)CCN2. The maximum Gasteiger partial charge on any atom is 0.124 e. The second kappa shape index (κ2) is 4.35. The average molecular weight is 235 g/mol. The molecule has 0 saturated heterocycles. The van der Waals surface area contributed by atoms with Crippen LogP contribution in [0.15, 0.2) is 6.07 Å². The van der Waals surface area contributed by atoms with Crippen LogP contribution in [0.3, 0.4) is 0 Å². The second-order valence-electron chi connectivity index (χ2n) is 6.66. The molecule has 1 aromatic rings. The lowest BCUT2D eigenvalue weighted by Gasteiger charge is -2.35. The maximum atomic E-state index is 4.79. The van der Waals surface area contributed by atoms with E-state index < -0.39 is 0 Å². The van der Waals surface area contributed by atoms with E-state index in [0.29, 0.717) is 12.0 Å². The molecule has 96 valence electrons. The lowest BCUT2D eigenvalue weighted by Crippen LogP contribution is -2.32. The molecule has 2 heterocycles. The average Bonchev–Trinajstić information content (AvgIpc) is 2.55. The predicted molar refractivity (Wildman–Crippen MR) is 72.4 cm³/mol. The summed E-state index contributed by atoms with van der Waals surface area (Å²) in [5.74, 6) is 1.87. The molecule has 3 nitrogen and oxygen atoms in total. The van der Waals surface area contributed by atoms with Crippen LogP contribution < -0.4 is 5.32 Å². The zero-order chi connectivity index (χ0) is 12.6. The van der Waals surface area contributed by atoms with Crippen molar-refractivity contribution in [2.45, 2.75) is 53.5 Å². The first-order valence-corrected chi connectivity index (χ1v) is 6.70. The smallest absolute Gasteiger partial charge is 0.124 e. The molecular weight excluding hydrogens is 210 g/mol. The zero-order valence-electron chi connectivity index (χ0n) is 11.7. The van der Waals surface area contributed by atoms with Gasteiger partial charge in [-0.2, -0.15) is 5.10 Å². The Bertz CT molecular complexity index is 385. The first kappa shape index (κ1) is 12.5. The highest BCUT2D eigenvalue weighted by Crippen LogP contribution is 2.37. The highest BCUT2D eigenvalue weighted by atomic mass is 15.4. The molecule has 17 heavy (non-hydrogen) atoms. The number of rotatable bonds is 2. The van der Waals surface area contributed by atoms with Crippen molar-refractivity contribution in [1.82, 2.24) is 9.78 Å². The maximum absolute atomic E-state index is 4.79. The number of nitrogens with one attached hydrogen (secondary N) is 1. The molecule has 1 atom stereocenters. The molecule has 3 heteroatoms. The predicted octanol–water partition coefficient (Wildman–Crippen LogP) is 3.48. The van der Waals surface area contributed by atoms with E-state index in [2.05, 4.69) is 50.7 Å². The molecule has 0 spiro atoms. The van der Waals surface area contributed by atoms with Crippen molar-refractivity contribution in [2.24, 2.45) is 11.3 Å². The van der Waals surface area contributed by atoms with E-state index in [9.17, 15) is 0 Å². The summed E-state index contributed by atoms with van der Waals surface area (Å²) in [4.78, 5) is 0. The lowest BCUT2D eigenvalue weighted by atomic mass is 9.84. The van der Waals surface area contributed by atoms with Crippen molar-refractivity contribution < 1.29 is 0 Å². The van der Waals surface area contributed by atoms with Gasteiger partial charge >= 0.3 is 0 Å². The second-order valence-corrected chi connectivity index (χ2v) is 6.66. The van der Waals surface area contributed by atoms with Crippen LogP contribution >= 0.6 is 0 Å². The van der Waals surface area contributed by atoms with E-state index in [1.54, 1.807) is 0 Å². The quantitative estimate of drug-likeness (QED) is 0.850. The van der Waals surface area contributed by atoms with E-state index >= 15 is 0 Å². The Morgan fingerprint density at radius 1 is 1.47 bits per heavy atom. The van der Waals surface area contributed by atoms with Gasteiger partial charge in [-0.1, -0.05) is 34.6 Å². The molecule has 1 N–H and O–H groups in total. The summed E-state index contributed by atoms with van der Waals surface area (Å²) in [6.45, 7) is 12.5. The van der Waals surface area contributed by atoms with Gasteiger partial charge in [0.2, 0.25) is 0 Å². The van der Waals surface area contributed by atoms with Gasteiger partial charge < -0.3 is 5.32 Å². The fourth-order valence-electron chi connectivity index (χ4n) is 2.59. The van der Waals surface area contributed by atoms with E-state index in [1.165, 1.54) is 17.9 Å². The van der Waals surface area contributed by atoms with Crippen LogP contribution in [0.5, 0.6) is 0 Å². The first-order chi connectivity index (χ1) is 7.88. The minimum atomic E-state index is 0.276. The van der Waals surface area contributed by atoms with Crippen LogP contribution in [0.2, 0.25) is 0 Å². The van der Waals surface area contributed by atoms with Crippen LogP contribution in [-0.4, -0.2) is 16.3 Å². The molecule has 1 aliphatic heterocycles. The van der Waals surface area contributed by atoms with Crippen LogP contribution in [0.25, 0.3) is 0 Å². The van der Waals surface area contributed by atoms with Crippen molar-refractivity contribution in [3.8, 4) is 0 Å². The van der Waals surface area contributed by atoms with Gasteiger partial charge in [-0.15, -0.1) is 0 Å². The molecular formula is C14H25N3. The van der Waals surface area contributed by atoms with Crippen molar-refractivity contribution in [1.29, 1.82) is 0 Å². The van der Waals surface area contributed by atoms with Gasteiger partial charge in [0.15, 0.2) is 0 Å². The molecule has 0 aromatic carbocycles. The standard InChI is InChI=1S/C14H25N3/c1-10(2)8-11-9-13-15-7-6-12(14(3,4)5)17(13)16-11/h9-10,12,15H,6-8H2,1-5H3. The third kappa shape index (κ3) is 2.64. The van der Waals surface area contributed by atoms with Gasteiger partial charge in [-0.3, -0.25) is 0 Å². The van der Waals surface area contributed by atoms with Crippen molar-refractivity contribution in [3.63, 3.8) is 0 Å². The largest absolute Gasteiger partial charge is 0.370 e. The number of fused-ring (bicyclic) bond motifs is 1. The monoisotopic (exact) mass is 235 g/mol. The van der Waals surface area contributed by atoms with Crippen LogP contribution in [0, 0.1) is 11.3 Å². The van der Waals surface area contributed by atoms with Crippen LogP contribution in [-0.2, 0) is 6.42 Å². The fourth-order valence-corrected chi connectivity index (χ4v) is 2.59. The Hall–Kier alpha value is -0.990. The van der Waals surface area contributed by atoms with Gasteiger partial charge in [0.25, 0.3) is 0 Å². The Kier molecular flexibility index (Phi) is 3.19. The van der Waals surface area contributed by atoms with Gasteiger partial charge in [-0.25, -0.2) is 4.68 Å². The number of aromatic nitrogens is 2. The van der Waals surface area contributed by atoms with Gasteiger partial charge in [0.1, 0.15) is 5.82 Å². The minimum absolute atomic E-state index is 0.276. The van der Waals surface area contributed by atoms with Crippen molar-refractivity contribution >= 4 is 5.82 Å². The van der Waals surface area contributed by atoms with E-state index in [4.69, 9.17) is 5.10 Å². The molecule has 1 aromatic heterocycles. The number of hydrogen-bond donors (Lipinski definition) is 1. The van der Waals surface area contributed by atoms with Gasteiger partial charge in [-0.05, 0) is 24.2 Å². The molecule has 0 amide bonds. The Morgan fingerprint density at radius 3 is 2.76 bits per heavy atom. The van der Waals surface area contributed by atoms with E-state index in [0.717, 1.165) is 13.0 Å². The summed E-state index contributed by atoms with van der Waals surface area (Å²) < 4.78 is 2.21. The summed E-state index contributed by atoms with van der Waals surface area (Å²) in [5.41, 5.74) is 1.50. The molecule has 1 unspecified atom stereocenters. The van der Waals surface area contributed by atoms with Crippen molar-refractivity contribution in [2.75, 3.05) is 11.9 Å². The topological polar surface area (TPSA) is 29.9 Å². The summed E-state index contributed by atoms with van der Waals surface area (Å²) in [5, 5.41) is 8.25. The molecule has 1 aliphatic rings. The fraction of sp³-hybridized carbons (Fsp3) is 0.786. The third-order valence-electron chi connectivity index (χ3n) is 3.42. The van der Waals surface area contributed by atoms with Gasteiger partial charge in [0.05, 0.1) is 11.7 Å². The molecule has 0 aliphatic carbocycles. The molecule has 0 fully saturated rings. The minimum Gasteiger partial charge on any atom is -0.370 e. The van der Waals surface area contributed by atoms with Crippen LogP contribution in [0.1, 0.15) is 52.8 Å². The van der Waals surface area contributed by atoms with Crippen LogP contribution in [0.4, 0.5) is 5.82 Å². The molecule has 0 saturated carbocycles. The van der Waals surface area contributed by atoms with Crippen molar-refractivity contribution in [3.05, 3.63) is 11.8 Å². The summed E-state index contributed by atoms with van der Waals surface area (Å²) in [7, 11) is 0. The highest BCUT2D eigenvalue weighted by Gasteiger charge is 2.31.